The highest BCUT2D eigenvalue weighted by Gasteiger charge is 1.94. The first kappa shape index (κ1) is 16.9. The molecule has 0 amide bonds. The van der Waals surface area contributed by atoms with Gasteiger partial charge in [-0.05, 0) is 46.4 Å². The molecule has 0 atom stereocenters. The molecule has 3 heteroatoms. The number of rotatable bonds is 12. The largest absolute Gasteiger partial charge is 0.381 e. The maximum Gasteiger partial charge on any atom is 0.0478 e. The van der Waals surface area contributed by atoms with E-state index in [0.29, 0.717) is 6.04 Å². The zero-order valence-electron chi connectivity index (χ0n) is 12.3. The minimum absolute atomic E-state index is 0.620. The summed E-state index contributed by atoms with van der Waals surface area (Å²) in [5, 5.41) is 3.44. The Morgan fingerprint density at radius 1 is 0.941 bits per heavy atom. The van der Waals surface area contributed by atoms with Gasteiger partial charge in [0, 0.05) is 19.3 Å². The van der Waals surface area contributed by atoms with Crippen LogP contribution in [-0.2, 0) is 4.74 Å². The van der Waals surface area contributed by atoms with Crippen LogP contribution in [0, 0.1) is 0 Å². The molecule has 0 rings (SSSR count). The van der Waals surface area contributed by atoms with Crippen LogP contribution < -0.4 is 5.32 Å². The third-order valence-electron chi connectivity index (χ3n) is 2.66. The molecule has 0 aromatic rings. The van der Waals surface area contributed by atoms with Crippen molar-refractivity contribution in [1.29, 1.82) is 0 Å². The molecule has 1 N–H and O–H groups in total. The summed E-state index contributed by atoms with van der Waals surface area (Å²) in [5.41, 5.74) is 0. The fourth-order valence-electron chi connectivity index (χ4n) is 1.66. The lowest BCUT2D eigenvalue weighted by atomic mass is 10.2. The normalized spacial score (nSPS) is 11.6. The smallest absolute Gasteiger partial charge is 0.0478 e. The summed E-state index contributed by atoms with van der Waals surface area (Å²) in [5.74, 6) is 0. The van der Waals surface area contributed by atoms with Crippen molar-refractivity contribution in [2.24, 2.45) is 0 Å². The minimum atomic E-state index is 0.620. The van der Waals surface area contributed by atoms with Crippen LogP contribution in [0.4, 0.5) is 0 Å². The van der Waals surface area contributed by atoms with E-state index in [-0.39, 0.29) is 0 Å². The van der Waals surface area contributed by atoms with E-state index in [1.165, 1.54) is 25.7 Å². The summed E-state index contributed by atoms with van der Waals surface area (Å²) < 4.78 is 5.59. The molecule has 0 saturated carbocycles. The Hall–Kier alpha value is -0.120. The number of unbranched alkanes of at least 4 members (excludes halogenated alkanes) is 3. The third kappa shape index (κ3) is 15.9. The van der Waals surface area contributed by atoms with Gasteiger partial charge in [-0.25, -0.2) is 0 Å². The van der Waals surface area contributed by atoms with Gasteiger partial charge in [0.25, 0.3) is 0 Å². The van der Waals surface area contributed by atoms with Gasteiger partial charge in [0.05, 0.1) is 0 Å². The Labute approximate surface area is 108 Å². The predicted molar refractivity (Wildman–Crippen MR) is 75.6 cm³/mol. The molecule has 0 fully saturated rings. The van der Waals surface area contributed by atoms with Crippen molar-refractivity contribution in [2.75, 3.05) is 40.4 Å². The molecule has 0 saturated heterocycles. The molecule has 17 heavy (non-hydrogen) atoms. The van der Waals surface area contributed by atoms with E-state index in [0.717, 1.165) is 32.7 Å². The molecule has 0 unspecified atom stereocenters. The van der Waals surface area contributed by atoms with Crippen molar-refractivity contribution in [2.45, 2.75) is 52.0 Å². The van der Waals surface area contributed by atoms with Crippen LogP contribution in [0.5, 0.6) is 0 Å². The van der Waals surface area contributed by atoms with Crippen LogP contribution in [0.3, 0.4) is 0 Å². The quantitative estimate of drug-likeness (QED) is 0.534. The second-order valence-corrected chi connectivity index (χ2v) is 5.29. The molecule has 0 radical (unpaired) electrons. The summed E-state index contributed by atoms with van der Waals surface area (Å²) in [4.78, 5) is 2.20. The van der Waals surface area contributed by atoms with Gasteiger partial charge in [-0.1, -0.05) is 26.7 Å². The van der Waals surface area contributed by atoms with E-state index in [9.17, 15) is 0 Å². The molecule has 0 aliphatic heterocycles. The summed E-state index contributed by atoms with van der Waals surface area (Å²) >= 11 is 0. The number of hydrogen-bond acceptors (Lipinski definition) is 3. The minimum Gasteiger partial charge on any atom is -0.381 e. The van der Waals surface area contributed by atoms with Crippen molar-refractivity contribution >= 4 is 0 Å². The van der Waals surface area contributed by atoms with Gasteiger partial charge < -0.3 is 15.0 Å². The number of nitrogens with one attached hydrogen (secondary N) is 1. The highest BCUT2D eigenvalue weighted by molar-refractivity contribution is 4.53. The second-order valence-electron chi connectivity index (χ2n) is 5.29. The average Bonchev–Trinajstić information content (AvgIpc) is 2.25. The van der Waals surface area contributed by atoms with E-state index < -0.39 is 0 Å². The molecular formula is C14H32N2O. The Kier molecular flexibility index (Phi) is 12.3. The van der Waals surface area contributed by atoms with Crippen molar-refractivity contribution in [3.8, 4) is 0 Å². The maximum atomic E-state index is 5.59. The van der Waals surface area contributed by atoms with Gasteiger partial charge in [0.2, 0.25) is 0 Å². The molecule has 0 aliphatic carbocycles. The molecular weight excluding hydrogens is 212 g/mol. The van der Waals surface area contributed by atoms with Crippen LogP contribution in [0.2, 0.25) is 0 Å². The van der Waals surface area contributed by atoms with Crippen molar-refractivity contribution in [3.63, 3.8) is 0 Å². The third-order valence-corrected chi connectivity index (χ3v) is 2.66. The number of hydrogen-bond donors (Lipinski definition) is 1. The van der Waals surface area contributed by atoms with Gasteiger partial charge in [0.15, 0.2) is 0 Å². The topological polar surface area (TPSA) is 24.5 Å². The molecule has 0 aromatic heterocycles. The van der Waals surface area contributed by atoms with E-state index in [4.69, 9.17) is 4.74 Å². The van der Waals surface area contributed by atoms with Crippen LogP contribution in [-0.4, -0.2) is 51.3 Å². The second kappa shape index (κ2) is 12.3. The fraction of sp³-hybridized carbons (Fsp3) is 1.00. The Morgan fingerprint density at radius 3 is 2.24 bits per heavy atom. The summed E-state index contributed by atoms with van der Waals surface area (Å²) in [6.07, 6.45) is 6.27. The van der Waals surface area contributed by atoms with Gasteiger partial charge in [0.1, 0.15) is 0 Å². The lowest BCUT2D eigenvalue weighted by Gasteiger charge is -2.09. The van der Waals surface area contributed by atoms with Gasteiger partial charge in [-0.15, -0.1) is 0 Å². The Morgan fingerprint density at radius 2 is 1.59 bits per heavy atom. The van der Waals surface area contributed by atoms with Crippen LogP contribution in [0.1, 0.15) is 46.0 Å². The maximum absolute atomic E-state index is 5.59. The highest BCUT2D eigenvalue weighted by Crippen LogP contribution is 2.00. The van der Waals surface area contributed by atoms with Crippen molar-refractivity contribution < 1.29 is 4.74 Å². The van der Waals surface area contributed by atoms with Crippen molar-refractivity contribution in [1.82, 2.24) is 10.2 Å². The van der Waals surface area contributed by atoms with Crippen LogP contribution in [0.15, 0.2) is 0 Å². The highest BCUT2D eigenvalue weighted by atomic mass is 16.5. The molecule has 104 valence electrons. The SMILES string of the molecule is CC(C)NCCCCCCOCCCN(C)C. The number of ether oxygens (including phenoxy) is 1. The number of nitrogens with zero attached hydrogens (tertiary/aromatic N) is 1. The average molecular weight is 244 g/mol. The lowest BCUT2D eigenvalue weighted by molar-refractivity contribution is 0.122. The standard InChI is InChI=1S/C14H32N2O/c1-14(2)15-10-7-5-6-8-12-17-13-9-11-16(3)4/h14-15H,5-13H2,1-4H3. The first-order chi connectivity index (χ1) is 8.13. The van der Waals surface area contributed by atoms with E-state index in [1.54, 1.807) is 0 Å². The van der Waals surface area contributed by atoms with E-state index >= 15 is 0 Å². The first-order valence-corrected chi connectivity index (χ1v) is 7.08. The molecule has 0 bridgehead atoms. The lowest BCUT2D eigenvalue weighted by Crippen LogP contribution is -2.23. The first-order valence-electron chi connectivity index (χ1n) is 7.08. The Balaban J connectivity index is 2.94. The van der Waals surface area contributed by atoms with E-state index in [1.807, 2.05) is 0 Å². The van der Waals surface area contributed by atoms with Crippen LogP contribution >= 0.6 is 0 Å². The van der Waals surface area contributed by atoms with Crippen LogP contribution in [0.25, 0.3) is 0 Å². The molecule has 0 aliphatic rings. The monoisotopic (exact) mass is 244 g/mol. The molecule has 0 aromatic carbocycles. The van der Waals surface area contributed by atoms with Gasteiger partial charge in [-0.3, -0.25) is 0 Å². The molecule has 3 nitrogen and oxygen atoms in total. The zero-order valence-corrected chi connectivity index (χ0v) is 12.3. The predicted octanol–water partition coefficient (Wildman–Crippen LogP) is 2.51. The van der Waals surface area contributed by atoms with E-state index in [2.05, 4.69) is 38.2 Å². The molecule has 0 heterocycles. The summed E-state index contributed by atoms with van der Waals surface area (Å²) in [7, 11) is 4.20. The summed E-state index contributed by atoms with van der Waals surface area (Å²) in [6, 6.07) is 0.620. The van der Waals surface area contributed by atoms with Crippen molar-refractivity contribution in [3.05, 3.63) is 0 Å². The Bertz CT molecular complexity index is 133. The van der Waals surface area contributed by atoms with Gasteiger partial charge in [-0.2, -0.15) is 0 Å². The van der Waals surface area contributed by atoms with Gasteiger partial charge >= 0.3 is 0 Å². The summed E-state index contributed by atoms with van der Waals surface area (Å²) in [6.45, 7) is 8.52. The molecule has 0 spiro atoms. The fourth-order valence-corrected chi connectivity index (χ4v) is 1.66. The zero-order chi connectivity index (χ0) is 12.9.